The fourth-order valence-electron chi connectivity index (χ4n) is 2.18. The number of hydrogen-bond donors (Lipinski definition) is 1. The van der Waals surface area contributed by atoms with Crippen LogP contribution in [0.1, 0.15) is 19.3 Å². The van der Waals surface area contributed by atoms with Crippen LogP contribution < -0.4 is 5.73 Å². The number of hydrogen-bond acceptors (Lipinski definition) is 4. The molecular formula is C12H26N2O2. The molecule has 0 spiro atoms. The van der Waals surface area contributed by atoms with Crippen molar-refractivity contribution in [3.63, 3.8) is 0 Å². The summed E-state index contributed by atoms with van der Waals surface area (Å²) in [6.45, 7) is 6.63. The molecule has 1 unspecified atom stereocenters. The summed E-state index contributed by atoms with van der Waals surface area (Å²) in [5, 5.41) is 0. The fourth-order valence-corrected chi connectivity index (χ4v) is 2.18. The van der Waals surface area contributed by atoms with Crippen LogP contribution in [0.15, 0.2) is 0 Å². The molecule has 4 nitrogen and oxygen atoms in total. The zero-order valence-electron chi connectivity index (χ0n) is 10.5. The van der Waals surface area contributed by atoms with Gasteiger partial charge in [-0.3, -0.25) is 0 Å². The van der Waals surface area contributed by atoms with Gasteiger partial charge in [0.1, 0.15) is 0 Å². The molecule has 4 heteroatoms. The smallest absolute Gasteiger partial charge is 0.0700 e. The minimum atomic E-state index is 0.693. The topological polar surface area (TPSA) is 47.7 Å². The lowest BCUT2D eigenvalue weighted by atomic mass is 9.98. The van der Waals surface area contributed by atoms with E-state index in [0.717, 1.165) is 26.1 Å². The minimum absolute atomic E-state index is 0.693. The lowest BCUT2D eigenvalue weighted by molar-refractivity contribution is 0.0626. The molecular weight excluding hydrogens is 204 g/mol. The SMILES string of the molecule is COCCOCCCN1CCCC(CN)C1. The number of nitrogens with two attached hydrogens (primary N) is 1. The Bertz CT molecular complexity index is 167. The molecule has 96 valence electrons. The van der Waals surface area contributed by atoms with Crippen molar-refractivity contribution in [1.29, 1.82) is 0 Å². The summed E-state index contributed by atoms with van der Waals surface area (Å²) in [6, 6.07) is 0. The van der Waals surface area contributed by atoms with Crippen molar-refractivity contribution in [1.82, 2.24) is 4.90 Å². The van der Waals surface area contributed by atoms with Crippen molar-refractivity contribution in [2.24, 2.45) is 11.7 Å². The van der Waals surface area contributed by atoms with Crippen molar-refractivity contribution in [3.05, 3.63) is 0 Å². The summed E-state index contributed by atoms with van der Waals surface area (Å²) >= 11 is 0. The number of nitrogens with zero attached hydrogens (tertiary/aromatic N) is 1. The molecule has 1 aliphatic rings. The molecule has 0 saturated carbocycles. The Kier molecular flexibility index (Phi) is 7.76. The molecule has 1 aliphatic heterocycles. The Hall–Kier alpha value is -0.160. The maximum Gasteiger partial charge on any atom is 0.0700 e. The van der Waals surface area contributed by atoms with E-state index >= 15 is 0 Å². The maximum atomic E-state index is 5.71. The van der Waals surface area contributed by atoms with E-state index in [1.807, 2.05) is 0 Å². The third kappa shape index (κ3) is 5.80. The van der Waals surface area contributed by atoms with Gasteiger partial charge in [0.15, 0.2) is 0 Å². The summed E-state index contributed by atoms with van der Waals surface area (Å²) in [7, 11) is 1.70. The van der Waals surface area contributed by atoms with E-state index in [-0.39, 0.29) is 0 Å². The van der Waals surface area contributed by atoms with E-state index in [0.29, 0.717) is 19.1 Å². The molecule has 0 aliphatic carbocycles. The van der Waals surface area contributed by atoms with Crippen LogP contribution in [0.5, 0.6) is 0 Å². The molecule has 1 atom stereocenters. The predicted octanol–water partition coefficient (Wildman–Crippen LogP) is 0.710. The van der Waals surface area contributed by atoms with Gasteiger partial charge in [-0.1, -0.05) is 0 Å². The van der Waals surface area contributed by atoms with E-state index in [9.17, 15) is 0 Å². The molecule has 16 heavy (non-hydrogen) atoms. The highest BCUT2D eigenvalue weighted by molar-refractivity contribution is 4.73. The quantitative estimate of drug-likeness (QED) is 0.624. The standard InChI is InChI=1S/C12H26N2O2/c1-15-8-9-16-7-3-6-14-5-2-4-12(10-13)11-14/h12H,2-11,13H2,1H3. The van der Waals surface area contributed by atoms with E-state index in [1.165, 1.54) is 25.9 Å². The Morgan fingerprint density at radius 2 is 2.19 bits per heavy atom. The molecule has 1 rings (SSSR count). The molecule has 0 radical (unpaired) electrons. The zero-order chi connectivity index (χ0) is 11.6. The first-order chi connectivity index (χ1) is 7.86. The molecule has 0 amide bonds. The van der Waals surface area contributed by atoms with Gasteiger partial charge in [0.25, 0.3) is 0 Å². The van der Waals surface area contributed by atoms with Crippen LogP contribution >= 0.6 is 0 Å². The second-order valence-electron chi connectivity index (χ2n) is 4.50. The van der Waals surface area contributed by atoms with Gasteiger partial charge in [-0.15, -0.1) is 0 Å². The fraction of sp³-hybridized carbons (Fsp3) is 1.00. The first kappa shape index (κ1) is 13.9. The van der Waals surface area contributed by atoms with Gasteiger partial charge >= 0.3 is 0 Å². The largest absolute Gasteiger partial charge is 0.382 e. The summed E-state index contributed by atoms with van der Waals surface area (Å²) < 4.78 is 10.4. The Labute approximate surface area is 99.1 Å². The number of likely N-dealkylation sites (tertiary alicyclic amines) is 1. The second kappa shape index (κ2) is 8.93. The van der Waals surface area contributed by atoms with Gasteiger partial charge in [0.2, 0.25) is 0 Å². The van der Waals surface area contributed by atoms with Crippen LogP contribution in [0, 0.1) is 5.92 Å². The number of piperidine rings is 1. The molecule has 0 aromatic rings. The summed E-state index contributed by atoms with van der Waals surface area (Å²) in [5.74, 6) is 0.711. The average Bonchev–Trinajstić information content (AvgIpc) is 2.34. The van der Waals surface area contributed by atoms with E-state index in [4.69, 9.17) is 15.2 Å². The van der Waals surface area contributed by atoms with Crippen LogP contribution in [0.4, 0.5) is 0 Å². The van der Waals surface area contributed by atoms with Crippen molar-refractivity contribution in [2.75, 3.05) is 53.1 Å². The van der Waals surface area contributed by atoms with Crippen LogP contribution in [0.25, 0.3) is 0 Å². The van der Waals surface area contributed by atoms with Gasteiger partial charge < -0.3 is 20.1 Å². The molecule has 0 aromatic carbocycles. The van der Waals surface area contributed by atoms with Crippen molar-refractivity contribution in [2.45, 2.75) is 19.3 Å². The lowest BCUT2D eigenvalue weighted by Crippen LogP contribution is -2.39. The lowest BCUT2D eigenvalue weighted by Gasteiger charge is -2.31. The van der Waals surface area contributed by atoms with E-state index in [1.54, 1.807) is 7.11 Å². The third-order valence-corrected chi connectivity index (χ3v) is 3.13. The van der Waals surface area contributed by atoms with Crippen LogP contribution in [-0.2, 0) is 9.47 Å². The number of ether oxygens (including phenoxy) is 2. The van der Waals surface area contributed by atoms with E-state index in [2.05, 4.69) is 4.90 Å². The highest BCUT2D eigenvalue weighted by Gasteiger charge is 2.17. The molecule has 0 bridgehead atoms. The Morgan fingerprint density at radius 1 is 1.31 bits per heavy atom. The first-order valence-corrected chi connectivity index (χ1v) is 6.36. The van der Waals surface area contributed by atoms with Gasteiger partial charge in [-0.2, -0.15) is 0 Å². The molecule has 2 N–H and O–H groups in total. The average molecular weight is 230 g/mol. The van der Waals surface area contributed by atoms with Crippen LogP contribution in [0.3, 0.4) is 0 Å². The van der Waals surface area contributed by atoms with Crippen molar-refractivity contribution >= 4 is 0 Å². The zero-order valence-corrected chi connectivity index (χ0v) is 10.5. The monoisotopic (exact) mass is 230 g/mol. The molecule has 1 heterocycles. The predicted molar refractivity (Wildman–Crippen MR) is 65.5 cm³/mol. The first-order valence-electron chi connectivity index (χ1n) is 6.36. The highest BCUT2D eigenvalue weighted by Crippen LogP contribution is 2.15. The summed E-state index contributed by atoms with van der Waals surface area (Å²) in [5.41, 5.74) is 5.71. The molecule has 1 saturated heterocycles. The van der Waals surface area contributed by atoms with Gasteiger partial charge in [0, 0.05) is 26.8 Å². The summed E-state index contributed by atoms with van der Waals surface area (Å²) in [4.78, 5) is 2.51. The van der Waals surface area contributed by atoms with Crippen LogP contribution in [-0.4, -0.2) is 58.0 Å². The van der Waals surface area contributed by atoms with E-state index < -0.39 is 0 Å². The van der Waals surface area contributed by atoms with Gasteiger partial charge in [-0.25, -0.2) is 0 Å². The molecule has 1 fully saturated rings. The maximum absolute atomic E-state index is 5.71. The van der Waals surface area contributed by atoms with Crippen molar-refractivity contribution < 1.29 is 9.47 Å². The third-order valence-electron chi connectivity index (χ3n) is 3.13. The summed E-state index contributed by atoms with van der Waals surface area (Å²) in [6.07, 6.45) is 3.71. The van der Waals surface area contributed by atoms with Gasteiger partial charge in [-0.05, 0) is 38.3 Å². The Balaban J connectivity index is 1.95. The second-order valence-corrected chi connectivity index (χ2v) is 4.50. The Morgan fingerprint density at radius 3 is 2.94 bits per heavy atom. The minimum Gasteiger partial charge on any atom is -0.382 e. The number of methoxy groups -OCH3 is 1. The highest BCUT2D eigenvalue weighted by atomic mass is 16.5. The molecule has 0 aromatic heterocycles. The van der Waals surface area contributed by atoms with Crippen LogP contribution in [0.2, 0.25) is 0 Å². The van der Waals surface area contributed by atoms with Gasteiger partial charge in [0.05, 0.1) is 13.2 Å². The van der Waals surface area contributed by atoms with Crippen molar-refractivity contribution in [3.8, 4) is 0 Å². The normalized spacial score (nSPS) is 22.5. The number of rotatable bonds is 8.